The maximum atomic E-state index is 12.7. The molecule has 0 unspecified atom stereocenters. The summed E-state index contributed by atoms with van der Waals surface area (Å²) in [5.74, 6) is 0.813. The SMILES string of the molecule is COc1ccc(C(=O)C=CNc2ccc(S(=O)(=O)Nc3cc(OC)nc(OC)n3)cc2)c(OC)c1. The van der Waals surface area contributed by atoms with Crippen molar-refractivity contribution < 1.29 is 32.2 Å². The van der Waals surface area contributed by atoms with Crippen LogP contribution in [-0.2, 0) is 10.0 Å². The second-order valence-corrected chi connectivity index (χ2v) is 8.50. The summed E-state index contributed by atoms with van der Waals surface area (Å²) in [5.41, 5.74) is 0.942. The monoisotopic (exact) mass is 500 g/mol. The number of nitrogens with one attached hydrogen (secondary N) is 2. The molecular weight excluding hydrogens is 476 g/mol. The molecule has 1 heterocycles. The quantitative estimate of drug-likeness (QED) is 0.298. The molecule has 0 radical (unpaired) electrons. The predicted molar refractivity (Wildman–Crippen MR) is 129 cm³/mol. The van der Waals surface area contributed by atoms with E-state index >= 15 is 0 Å². The number of hydrogen-bond acceptors (Lipinski definition) is 10. The minimum atomic E-state index is -3.94. The number of benzene rings is 2. The van der Waals surface area contributed by atoms with E-state index in [0.29, 0.717) is 22.7 Å². The Labute approximate surface area is 202 Å². The molecule has 11 nitrogen and oxygen atoms in total. The number of rotatable bonds is 11. The smallest absolute Gasteiger partial charge is 0.321 e. The molecule has 0 aliphatic rings. The van der Waals surface area contributed by atoms with Gasteiger partial charge in [0, 0.05) is 30.1 Å². The first-order valence-corrected chi connectivity index (χ1v) is 11.6. The van der Waals surface area contributed by atoms with Crippen molar-refractivity contribution in [1.82, 2.24) is 9.97 Å². The van der Waals surface area contributed by atoms with Crippen molar-refractivity contribution in [3.05, 3.63) is 66.4 Å². The summed E-state index contributed by atoms with van der Waals surface area (Å²) in [5, 5.41) is 2.93. The third-order valence-electron chi connectivity index (χ3n) is 4.64. The number of carbonyl (C=O) groups excluding carboxylic acids is 1. The molecule has 0 saturated carbocycles. The second kappa shape index (κ2) is 11.2. The minimum Gasteiger partial charge on any atom is -0.497 e. The highest BCUT2D eigenvalue weighted by molar-refractivity contribution is 7.92. The molecule has 0 aliphatic heterocycles. The van der Waals surface area contributed by atoms with Gasteiger partial charge in [0.05, 0.1) is 38.9 Å². The first kappa shape index (κ1) is 25.3. The molecule has 184 valence electrons. The minimum absolute atomic E-state index is 0.00243. The normalized spacial score (nSPS) is 11.1. The van der Waals surface area contributed by atoms with Crippen LogP contribution in [0.15, 0.2) is 65.7 Å². The van der Waals surface area contributed by atoms with Crippen LogP contribution in [0.5, 0.6) is 23.4 Å². The Morgan fingerprint density at radius 3 is 2.26 bits per heavy atom. The van der Waals surface area contributed by atoms with Crippen LogP contribution in [0, 0.1) is 0 Å². The van der Waals surface area contributed by atoms with Crippen LogP contribution in [-0.4, -0.2) is 52.6 Å². The van der Waals surface area contributed by atoms with Gasteiger partial charge in [-0.15, -0.1) is 0 Å². The molecule has 3 aromatic rings. The molecule has 2 N–H and O–H groups in total. The Morgan fingerprint density at radius 1 is 0.886 bits per heavy atom. The Kier molecular flexibility index (Phi) is 8.10. The number of allylic oxidation sites excluding steroid dienone is 1. The summed E-state index contributed by atoms with van der Waals surface area (Å²) in [6.45, 7) is 0. The zero-order valence-corrected chi connectivity index (χ0v) is 20.3. The number of carbonyl (C=O) groups is 1. The van der Waals surface area contributed by atoms with Crippen molar-refractivity contribution >= 4 is 27.3 Å². The largest absolute Gasteiger partial charge is 0.497 e. The highest BCUT2D eigenvalue weighted by Gasteiger charge is 2.17. The van der Waals surface area contributed by atoms with Crippen LogP contribution in [0.25, 0.3) is 0 Å². The molecule has 0 saturated heterocycles. The van der Waals surface area contributed by atoms with Crippen LogP contribution in [0.2, 0.25) is 0 Å². The summed E-state index contributed by atoms with van der Waals surface area (Å²) < 4.78 is 48.2. The van der Waals surface area contributed by atoms with Crippen LogP contribution < -0.4 is 29.0 Å². The molecule has 2 aromatic carbocycles. The van der Waals surface area contributed by atoms with Crippen molar-refractivity contribution in [2.45, 2.75) is 4.90 Å². The van der Waals surface area contributed by atoms with Crippen molar-refractivity contribution in [3.63, 3.8) is 0 Å². The summed E-state index contributed by atoms with van der Waals surface area (Å²) in [4.78, 5) is 20.4. The fourth-order valence-electron chi connectivity index (χ4n) is 2.88. The van der Waals surface area contributed by atoms with E-state index in [1.807, 2.05) is 0 Å². The van der Waals surface area contributed by atoms with Crippen molar-refractivity contribution in [1.29, 1.82) is 0 Å². The van der Waals surface area contributed by atoms with Gasteiger partial charge in [-0.1, -0.05) is 0 Å². The Balaban J connectivity index is 1.68. The molecule has 0 atom stereocenters. The topological polar surface area (TPSA) is 138 Å². The zero-order chi connectivity index (χ0) is 25.4. The molecule has 1 aromatic heterocycles. The fraction of sp³-hybridized carbons (Fsp3) is 0.174. The van der Waals surface area contributed by atoms with Gasteiger partial charge < -0.3 is 24.3 Å². The van der Waals surface area contributed by atoms with Gasteiger partial charge in [-0.3, -0.25) is 9.52 Å². The highest BCUT2D eigenvalue weighted by Crippen LogP contribution is 2.25. The lowest BCUT2D eigenvalue weighted by Crippen LogP contribution is -2.14. The van der Waals surface area contributed by atoms with Gasteiger partial charge >= 0.3 is 6.01 Å². The number of methoxy groups -OCH3 is 4. The van der Waals surface area contributed by atoms with Crippen molar-refractivity contribution in [2.75, 3.05) is 38.5 Å². The number of sulfonamides is 1. The van der Waals surface area contributed by atoms with Gasteiger partial charge in [-0.25, -0.2) is 8.42 Å². The van der Waals surface area contributed by atoms with Crippen LogP contribution in [0.1, 0.15) is 10.4 Å². The molecule has 0 spiro atoms. The number of nitrogens with zero attached hydrogens (tertiary/aromatic N) is 2. The van der Waals surface area contributed by atoms with Crippen molar-refractivity contribution in [3.8, 4) is 23.4 Å². The lowest BCUT2D eigenvalue weighted by molar-refractivity contribution is 0.104. The lowest BCUT2D eigenvalue weighted by atomic mass is 10.1. The number of aromatic nitrogens is 2. The fourth-order valence-corrected chi connectivity index (χ4v) is 3.88. The van der Waals surface area contributed by atoms with E-state index < -0.39 is 10.0 Å². The molecule has 35 heavy (non-hydrogen) atoms. The van der Waals surface area contributed by atoms with E-state index in [-0.39, 0.29) is 28.4 Å². The van der Waals surface area contributed by atoms with E-state index in [1.165, 1.54) is 58.9 Å². The van der Waals surface area contributed by atoms with Gasteiger partial charge in [0.25, 0.3) is 10.0 Å². The Bertz CT molecular complexity index is 1300. The van der Waals surface area contributed by atoms with Gasteiger partial charge in [0.15, 0.2) is 11.6 Å². The van der Waals surface area contributed by atoms with Crippen LogP contribution >= 0.6 is 0 Å². The van der Waals surface area contributed by atoms with E-state index in [0.717, 1.165) is 0 Å². The zero-order valence-electron chi connectivity index (χ0n) is 19.4. The third kappa shape index (κ3) is 6.38. The second-order valence-electron chi connectivity index (χ2n) is 6.82. The van der Waals surface area contributed by atoms with Gasteiger partial charge in [-0.2, -0.15) is 9.97 Å². The molecule has 0 aliphatic carbocycles. The third-order valence-corrected chi connectivity index (χ3v) is 6.01. The standard InChI is InChI=1S/C23H24N4O7S/c1-31-16-7-10-18(20(13-16)32-2)19(28)11-12-24-15-5-8-17(9-6-15)35(29,30)27-21-14-22(33-3)26-23(25-21)34-4/h5-14,24H,1-4H3,(H,25,26,27). The Morgan fingerprint density at radius 2 is 1.63 bits per heavy atom. The number of anilines is 2. The summed E-state index contributed by atoms with van der Waals surface area (Å²) in [7, 11) is 1.80. The lowest BCUT2D eigenvalue weighted by Gasteiger charge is -2.10. The predicted octanol–water partition coefficient (Wildman–Crippen LogP) is 3.12. The molecule has 0 bridgehead atoms. The van der Waals surface area contributed by atoms with E-state index in [1.54, 1.807) is 30.3 Å². The number of ketones is 1. The van der Waals surface area contributed by atoms with Crippen molar-refractivity contribution in [2.24, 2.45) is 0 Å². The average Bonchev–Trinajstić information content (AvgIpc) is 2.87. The molecule has 12 heteroatoms. The van der Waals surface area contributed by atoms with Crippen LogP contribution in [0.4, 0.5) is 11.5 Å². The average molecular weight is 501 g/mol. The molecule has 0 amide bonds. The molecule has 0 fully saturated rings. The first-order chi connectivity index (χ1) is 16.8. The molecule has 3 rings (SSSR count). The summed E-state index contributed by atoms with van der Waals surface area (Å²) in [6.07, 6.45) is 2.79. The summed E-state index contributed by atoms with van der Waals surface area (Å²) in [6, 6.07) is 12.1. The molecular formula is C23H24N4O7S. The van der Waals surface area contributed by atoms with Gasteiger partial charge in [0.1, 0.15) is 11.5 Å². The maximum absolute atomic E-state index is 12.7. The van der Waals surface area contributed by atoms with E-state index in [9.17, 15) is 13.2 Å². The van der Waals surface area contributed by atoms with E-state index in [2.05, 4.69) is 20.0 Å². The van der Waals surface area contributed by atoms with Gasteiger partial charge in [0.2, 0.25) is 5.88 Å². The van der Waals surface area contributed by atoms with E-state index in [4.69, 9.17) is 18.9 Å². The number of hydrogen-bond donors (Lipinski definition) is 2. The van der Waals surface area contributed by atoms with Crippen LogP contribution in [0.3, 0.4) is 0 Å². The summed E-state index contributed by atoms with van der Waals surface area (Å²) >= 11 is 0. The highest BCUT2D eigenvalue weighted by atomic mass is 32.2. The number of ether oxygens (including phenoxy) is 4. The maximum Gasteiger partial charge on any atom is 0.321 e. The first-order valence-electron chi connectivity index (χ1n) is 10.1. The Hall–Kier alpha value is -4.32. The van der Waals surface area contributed by atoms with Gasteiger partial charge in [-0.05, 0) is 36.4 Å².